The number of guanidine groups is 1. The molecule has 0 unspecified atom stereocenters. The molecule has 0 aliphatic rings. The van der Waals surface area contributed by atoms with Gasteiger partial charge in [-0.25, -0.2) is 13.4 Å². The van der Waals surface area contributed by atoms with E-state index in [2.05, 4.69) is 15.6 Å². The van der Waals surface area contributed by atoms with Crippen LogP contribution in [0.1, 0.15) is 23.6 Å². The summed E-state index contributed by atoms with van der Waals surface area (Å²) in [4.78, 5) is 4.88. The summed E-state index contributed by atoms with van der Waals surface area (Å²) < 4.78 is 28.5. The number of aryl methyl sites for hydroxylation is 1. The van der Waals surface area contributed by atoms with Crippen LogP contribution in [0.5, 0.6) is 5.75 Å². The number of hydrogen-bond acceptors (Lipinski definition) is 4. The number of nitrogens with one attached hydrogen (secondary N) is 2. The summed E-state index contributed by atoms with van der Waals surface area (Å²) in [7, 11) is -1.52. The van der Waals surface area contributed by atoms with Crippen molar-refractivity contribution >= 4 is 15.8 Å². The van der Waals surface area contributed by atoms with Gasteiger partial charge < -0.3 is 15.4 Å². The number of sulfone groups is 1. The second kappa shape index (κ2) is 9.41. The van der Waals surface area contributed by atoms with Crippen molar-refractivity contribution in [1.82, 2.24) is 10.6 Å². The Morgan fingerprint density at radius 1 is 1.11 bits per heavy atom. The standard InChI is InChI=1S/C20H27N3O3S/c1-5-21-20(23-14-17-9-6-15(2)12-19(17)26-3)22-13-16-7-10-18(11-8-16)27(4,24)25/h6-12H,5,13-14H2,1-4H3,(H2,21,22,23). The van der Waals surface area contributed by atoms with E-state index in [0.717, 1.165) is 29.0 Å². The van der Waals surface area contributed by atoms with Crippen LogP contribution in [0.3, 0.4) is 0 Å². The number of aliphatic imine (C=N–C) groups is 1. The SMILES string of the molecule is CCNC(=NCc1ccc(S(C)(=O)=O)cc1)NCc1ccc(C)cc1OC. The van der Waals surface area contributed by atoms with E-state index < -0.39 is 9.84 Å². The molecule has 0 heterocycles. The average molecular weight is 390 g/mol. The van der Waals surface area contributed by atoms with Crippen molar-refractivity contribution in [3.8, 4) is 5.75 Å². The maximum Gasteiger partial charge on any atom is 0.191 e. The van der Waals surface area contributed by atoms with Gasteiger partial charge in [0.2, 0.25) is 0 Å². The van der Waals surface area contributed by atoms with Gasteiger partial charge in [-0.05, 0) is 43.2 Å². The molecule has 0 amide bonds. The lowest BCUT2D eigenvalue weighted by atomic mass is 10.1. The summed E-state index contributed by atoms with van der Waals surface area (Å²) in [5, 5.41) is 6.51. The first-order valence-corrected chi connectivity index (χ1v) is 10.7. The third-order valence-corrected chi connectivity index (χ3v) is 5.13. The van der Waals surface area contributed by atoms with Crippen LogP contribution in [0.4, 0.5) is 0 Å². The zero-order valence-electron chi connectivity index (χ0n) is 16.2. The molecular formula is C20H27N3O3S. The summed E-state index contributed by atoms with van der Waals surface area (Å²) in [6, 6.07) is 12.9. The number of methoxy groups -OCH3 is 1. The molecule has 0 aliphatic carbocycles. The molecule has 0 spiro atoms. The zero-order valence-corrected chi connectivity index (χ0v) is 17.1. The average Bonchev–Trinajstić information content (AvgIpc) is 2.64. The third kappa shape index (κ3) is 6.29. The van der Waals surface area contributed by atoms with Gasteiger partial charge in [-0.1, -0.05) is 24.3 Å². The second-order valence-corrected chi connectivity index (χ2v) is 8.30. The van der Waals surface area contributed by atoms with Gasteiger partial charge >= 0.3 is 0 Å². The van der Waals surface area contributed by atoms with Crippen molar-refractivity contribution in [3.05, 3.63) is 59.2 Å². The minimum atomic E-state index is -3.18. The number of hydrogen-bond donors (Lipinski definition) is 2. The topological polar surface area (TPSA) is 79.8 Å². The Morgan fingerprint density at radius 2 is 1.81 bits per heavy atom. The van der Waals surface area contributed by atoms with Gasteiger partial charge in [0.1, 0.15) is 5.75 Å². The Balaban J connectivity index is 2.06. The molecule has 0 atom stereocenters. The summed E-state index contributed by atoms with van der Waals surface area (Å²) in [6.45, 7) is 5.81. The minimum absolute atomic E-state index is 0.312. The highest BCUT2D eigenvalue weighted by Crippen LogP contribution is 2.19. The van der Waals surface area contributed by atoms with E-state index in [-0.39, 0.29) is 0 Å². The maximum atomic E-state index is 11.5. The van der Waals surface area contributed by atoms with E-state index >= 15 is 0 Å². The first kappa shape index (κ1) is 20.8. The van der Waals surface area contributed by atoms with E-state index in [1.54, 1.807) is 31.4 Å². The summed E-state index contributed by atoms with van der Waals surface area (Å²) in [5.74, 6) is 1.53. The van der Waals surface area contributed by atoms with Crippen molar-refractivity contribution < 1.29 is 13.2 Å². The fraction of sp³-hybridized carbons (Fsp3) is 0.350. The van der Waals surface area contributed by atoms with Crippen LogP contribution in [-0.2, 0) is 22.9 Å². The molecular weight excluding hydrogens is 362 g/mol. The van der Waals surface area contributed by atoms with Crippen molar-refractivity contribution in [3.63, 3.8) is 0 Å². The molecule has 2 aromatic carbocycles. The molecule has 6 nitrogen and oxygen atoms in total. The molecule has 146 valence electrons. The smallest absolute Gasteiger partial charge is 0.191 e. The quantitative estimate of drug-likeness (QED) is 0.562. The Hall–Kier alpha value is -2.54. The van der Waals surface area contributed by atoms with Crippen LogP contribution >= 0.6 is 0 Å². The highest BCUT2D eigenvalue weighted by atomic mass is 32.2. The highest BCUT2D eigenvalue weighted by molar-refractivity contribution is 7.90. The lowest BCUT2D eigenvalue weighted by Crippen LogP contribution is -2.36. The molecule has 0 aromatic heterocycles. The molecule has 0 bridgehead atoms. The maximum absolute atomic E-state index is 11.5. The van der Waals surface area contributed by atoms with Crippen LogP contribution < -0.4 is 15.4 Å². The van der Waals surface area contributed by atoms with E-state index in [4.69, 9.17) is 4.74 Å². The van der Waals surface area contributed by atoms with E-state index in [1.165, 1.54) is 6.26 Å². The van der Waals surface area contributed by atoms with Crippen LogP contribution in [0.2, 0.25) is 0 Å². The number of ether oxygens (including phenoxy) is 1. The molecule has 0 fully saturated rings. The van der Waals surface area contributed by atoms with Crippen LogP contribution in [0.15, 0.2) is 52.4 Å². The minimum Gasteiger partial charge on any atom is -0.496 e. The Bertz CT molecular complexity index is 891. The van der Waals surface area contributed by atoms with Crippen LogP contribution in [0, 0.1) is 6.92 Å². The Kier molecular flexibility index (Phi) is 7.24. The molecule has 2 rings (SSSR count). The third-order valence-electron chi connectivity index (χ3n) is 4.00. The van der Waals surface area contributed by atoms with Gasteiger partial charge in [-0.2, -0.15) is 0 Å². The van der Waals surface area contributed by atoms with Gasteiger partial charge in [-0.15, -0.1) is 0 Å². The highest BCUT2D eigenvalue weighted by Gasteiger charge is 2.07. The molecule has 27 heavy (non-hydrogen) atoms. The number of nitrogens with zero attached hydrogens (tertiary/aromatic N) is 1. The van der Waals surface area contributed by atoms with Gasteiger partial charge in [0.05, 0.1) is 18.6 Å². The predicted molar refractivity (Wildman–Crippen MR) is 109 cm³/mol. The van der Waals surface area contributed by atoms with Crippen molar-refractivity contribution in [2.45, 2.75) is 31.8 Å². The Morgan fingerprint density at radius 3 is 2.41 bits per heavy atom. The molecule has 2 N–H and O–H groups in total. The Labute approximate surface area is 161 Å². The summed E-state index contributed by atoms with van der Waals surface area (Å²) >= 11 is 0. The van der Waals surface area contributed by atoms with Gasteiger partial charge in [0.15, 0.2) is 15.8 Å². The van der Waals surface area contributed by atoms with Crippen molar-refractivity contribution in [1.29, 1.82) is 0 Å². The van der Waals surface area contributed by atoms with Gasteiger partial charge in [0, 0.05) is 24.9 Å². The molecule has 0 aliphatic heterocycles. The van der Waals surface area contributed by atoms with Gasteiger partial charge in [0.25, 0.3) is 0 Å². The van der Waals surface area contributed by atoms with E-state index in [0.29, 0.717) is 23.9 Å². The molecule has 2 aromatic rings. The summed E-state index contributed by atoms with van der Waals surface area (Å²) in [6.07, 6.45) is 1.20. The lowest BCUT2D eigenvalue weighted by Gasteiger charge is -2.14. The number of benzene rings is 2. The van der Waals surface area contributed by atoms with Crippen molar-refractivity contribution in [2.75, 3.05) is 19.9 Å². The largest absolute Gasteiger partial charge is 0.496 e. The fourth-order valence-corrected chi connectivity index (χ4v) is 3.16. The van der Waals surface area contributed by atoms with Crippen LogP contribution in [0.25, 0.3) is 0 Å². The monoisotopic (exact) mass is 389 g/mol. The first-order chi connectivity index (χ1) is 12.8. The molecule has 0 saturated heterocycles. The summed E-state index contributed by atoms with van der Waals surface area (Å²) in [5.41, 5.74) is 3.13. The fourth-order valence-electron chi connectivity index (χ4n) is 2.53. The normalized spacial score (nSPS) is 11.9. The first-order valence-electron chi connectivity index (χ1n) is 8.78. The molecule has 7 heteroatoms. The number of rotatable bonds is 7. The molecule has 0 radical (unpaired) electrons. The molecule has 0 saturated carbocycles. The van der Waals surface area contributed by atoms with Crippen LogP contribution in [-0.4, -0.2) is 34.3 Å². The lowest BCUT2D eigenvalue weighted by molar-refractivity contribution is 0.408. The predicted octanol–water partition coefficient (Wildman–Crippen LogP) is 2.66. The van der Waals surface area contributed by atoms with Crippen molar-refractivity contribution in [2.24, 2.45) is 4.99 Å². The van der Waals surface area contributed by atoms with Gasteiger partial charge in [-0.3, -0.25) is 0 Å². The zero-order chi connectivity index (χ0) is 19.9. The second-order valence-electron chi connectivity index (χ2n) is 6.28. The van der Waals surface area contributed by atoms with E-state index in [1.807, 2.05) is 32.0 Å². The van der Waals surface area contributed by atoms with E-state index in [9.17, 15) is 8.42 Å².